The van der Waals surface area contributed by atoms with E-state index in [0.29, 0.717) is 17.2 Å². The van der Waals surface area contributed by atoms with E-state index in [1.807, 2.05) is 43.3 Å². The van der Waals surface area contributed by atoms with Crippen LogP contribution in [0.4, 0.5) is 16.2 Å². The van der Waals surface area contributed by atoms with Gasteiger partial charge in [-0.2, -0.15) is 0 Å². The van der Waals surface area contributed by atoms with Crippen molar-refractivity contribution in [2.75, 3.05) is 45.1 Å². The third-order valence-electron chi connectivity index (χ3n) is 3.56. The Balaban J connectivity index is 1.88. The molecule has 2 aromatic carbocycles. The van der Waals surface area contributed by atoms with Gasteiger partial charge in [-0.05, 0) is 24.3 Å². The molecule has 0 aliphatic heterocycles. The molecule has 0 aliphatic carbocycles. The van der Waals surface area contributed by atoms with Crippen LogP contribution in [0.2, 0.25) is 0 Å². The van der Waals surface area contributed by atoms with E-state index in [1.165, 1.54) is 0 Å². The van der Waals surface area contributed by atoms with E-state index < -0.39 is 0 Å². The molecule has 0 spiro atoms. The molecule has 0 aromatic heterocycles. The van der Waals surface area contributed by atoms with Gasteiger partial charge in [0.1, 0.15) is 11.5 Å². The van der Waals surface area contributed by atoms with E-state index in [2.05, 4.69) is 22.5 Å². The fourth-order valence-corrected chi connectivity index (χ4v) is 2.17. The predicted molar refractivity (Wildman–Crippen MR) is 104 cm³/mol. The molecule has 2 aromatic rings. The Kier molecular flexibility index (Phi) is 6.75. The van der Waals surface area contributed by atoms with Crippen LogP contribution < -0.4 is 25.0 Å². The minimum absolute atomic E-state index is 0.238. The number of ether oxygens (including phenoxy) is 2. The van der Waals surface area contributed by atoms with E-state index in [4.69, 9.17) is 9.47 Å². The number of nitrogens with zero attached hydrogens (tertiary/aromatic N) is 1. The normalized spacial score (nSPS) is 9.54. The van der Waals surface area contributed by atoms with Crippen LogP contribution >= 0.6 is 0 Å². The van der Waals surface area contributed by atoms with Crippen LogP contribution in [0.1, 0.15) is 5.56 Å². The van der Waals surface area contributed by atoms with Crippen molar-refractivity contribution in [1.82, 2.24) is 5.32 Å². The Labute approximate surface area is 154 Å². The second kappa shape index (κ2) is 9.23. The standard InChI is InChI=1S/C20H23N3O3/c1-23(2)17-9-7-15(8-10-17)6-5-11-21-20(24)22-16-12-18(25-3)14-19(13-16)26-4/h7-10,12-14H,11H2,1-4H3,(H2,21,22,24). The van der Waals surface area contributed by atoms with Crippen molar-refractivity contribution in [1.29, 1.82) is 0 Å². The van der Waals surface area contributed by atoms with Gasteiger partial charge in [0.05, 0.1) is 20.8 Å². The molecule has 0 fully saturated rings. The maximum Gasteiger partial charge on any atom is 0.319 e. The van der Waals surface area contributed by atoms with Gasteiger partial charge in [0.15, 0.2) is 0 Å². The lowest BCUT2D eigenvalue weighted by Crippen LogP contribution is -2.28. The molecule has 0 bridgehead atoms. The van der Waals surface area contributed by atoms with Gasteiger partial charge in [0, 0.05) is 49.2 Å². The maximum atomic E-state index is 12.0. The van der Waals surface area contributed by atoms with Crippen LogP contribution in [0.3, 0.4) is 0 Å². The van der Waals surface area contributed by atoms with Crippen LogP contribution in [-0.4, -0.2) is 40.9 Å². The summed E-state index contributed by atoms with van der Waals surface area (Å²) in [4.78, 5) is 14.0. The molecule has 6 heteroatoms. The van der Waals surface area contributed by atoms with E-state index in [1.54, 1.807) is 32.4 Å². The zero-order valence-corrected chi connectivity index (χ0v) is 15.4. The lowest BCUT2D eigenvalue weighted by atomic mass is 10.2. The minimum Gasteiger partial charge on any atom is -0.497 e. The Bertz CT molecular complexity index is 783. The first-order chi connectivity index (χ1) is 12.5. The molecule has 2 N–H and O–H groups in total. The second-order valence-electron chi connectivity index (χ2n) is 5.65. The fraction of sp³-hybridized carbons (Fsp3) is 0.250. The number of nitrogens with one attached hydrogen (secondary N) is 2. The van der Waals surface area contributed by atoms with Crippen molar-refractivity contribution >= 4 is 17.4 Å². The minimum atomic E-state index is -0.349. The number of amides is 2. The quantitative estimate of drug-likeness (QED) is 0.812. The zero-order valence-electron chi connectivity index (χ0n) is 15.4. The highest BCUT2D eigenvalue weighted by Crippen LogP contribution is 2.25. The third-order valence-corrected chi connectivity index (χ3v) is 3.56. The molecule has 26 heavy (non-hydrogen) atoms. The zero-order chi connectivity index (χ0) is 18.9. The van der Waals surface area contributed by atoms with E-state index in [-0.39, 0.29) is 12.6 Å². The first-order valence-electron chi connectivity index (χ1n) is 8.06. The van der Waals surface area contributed by atoms with Gasteiger partial charge in [0.2, 0.25) is 0 Å². The van der Waals surface area contributed by atoms with Crippen molar-refractivity contribution < 1.29 is 14.3 Å². The number of anilines is 2. The maximum absolute atomic E-state index is 12.0. The highest BCUT2D eigenvalue weighted by molar-refractivity contribution is 5.89. The molecule has 0 atom stereocenters. The topological polar surface area (TPSA) is 62.8 Å². The van der Waals surface area contributed by atoms with Crippen LogP contribution in [0.5, 0.6) is 11.5 Å². The van der Waals surface area contributed by atoms with Gasteiger partial charge in [-0.3, -0.25) is 0 Å². The Morgan fingerprint density at radius 2 is 1.65 bits per heavy atom. The third kappa shape index (κ3) is 5.64. The molecule has 0 saturated carbocycles. The van der Waals surface area contributed by atoms with E-state index in [0.717, 1.165) is 11.3 Å². The fourth-order valence-electron chi connectivity index (χ4n) is 2.17. The van der Waals surface area contributed by atoms with Crippen molar-refractivity contribution in [3.8, 4) is 23.3 Å². The summed E-state index contributed by atoms with van der Waals surface area (Å²) in [5, 5.41) is 5.42. The summed E-state index contributed by atoms with van der Waals surface area (Å²) >= 11 is 0. The molecule has 2 rings (SSSR count). The van der Waals surface area contributed by atoms with Gasteiger partial charge in [-0.1, -0.05) is 11.8 Å². The Hall–Kier alpha value is -3.33. The smallest absolute Gasteiger partial charge is 0.319 e. The van der Waals surface area contributed by atoms with Crippen LogP contribution in [0.15, 0.2) is 42.5 Å². The van der Waals surface area contributed by atoms with Gasteiger partial charge in [-0.15, -0.1) is 0 Å². The van der Waals surface area contributed by atoms with Crippen molar-refractivity contribution in [2.24, 2.45) is 0 Å². The number of urea groups is 1. The molecule has 0 aliphatic rings. The summed E-state index contributed by atoms with van der Waals surface area (Å²) in [5.41, 5.74) is 2.59. The monoisotopic (exact) mass is 353 g/mol. The highest BCUT2D eigenvalue weighted by Gasteiger charge is 2.05. The Morgan fingerprint density at radius 1 is 1.04 bits per heavy atom. The number of hydrogen-bond acceptors (Lipinski definition) is 4. The average Bonchev–Trinajstić information content (AvgIpc) is 2.65. The molecule has 136 valence electrons. The molecule has 0 radical (unpaired) electrons. The predicted octanol–water partition coefficient (Wildman–Crippen LogP) is 2.94. The number of benzene rings is 2. The van der Waals surface area contributed by atoms with E-state index >= 15 is 0 Å². The lowest BCUT2D eigenvalue weighted by Gasteiger charge is -2.11. The highest BCUT2D eigenvalue weighted by atomic mass is 16.5. The molecule has 0 heterocycles. The number of rotatable bonds is 5. The Morgan fingerprint density at radius 3 is 2.19 bits per heavy atom. The van der Waals surface area contributed by atoms with Gasteiger partial charge >= 0.3 is 6.03 Å². The number of carbonyl (C=O) groups excluding carboxylic acids is 1. The van der Waals surface area contributed by atoms with E-state index in [9.17, 15) is 4.79 Å². The number of carbonyl (C=O) groups is 1. The molecule has 0 unspecified atom stereocenters. The van der Waals surface area contributed by atoms with Gasteiger partial charge in [-0.25, -0.2) is 4.79 Å². The summed E-state index contributed by atoms with van der Waals surface area (Å²) in [7, 11) is 7.08. The molecule has 6 nitrogen and oxygen atoms in total. The molecule has 2 amide bonds. The van der Waals surface area contributed by atoms with Crippen molar-refractivity contribution in [3.63, 3.8) is 0 Å². The largest absolute Gasteiger partial charge is 0.497 e. The van der Waals surface area contributed by atoms with Gasteiger partial charge in [0.25, 0.3) is 0 Å². The number of hydrogen-bond donors (Lipinski definition) is 2. The first-order valence-corrected chi connectivity index (χ1v) is 8.06. The molecular weight excluding hydrogens is 330 g/mol. The van der Waals surface area contributed by atoms with Crippen molar-refractivity contribution in [3.05, 3.63) is 48.0 Å². The summed E-state index contributed by atoms with van der Waals surface area (Å²) in [6, 6.07) is 12.7. The van der Waals surface area contributed by atoms with Crippen LogP contribution in [0.25, 0.3) is 0 Å². The molecular formula is C20H23N3O3. The SMILES string of the molecule is COc1cc(NC(=O)NCC#Cc2ccc(N(C)C)cc2)cc(OC)c1. The average molecular weight is 353 g/mol. The van der Waals surface area contributed by atoms with Crippen molar-refractivity contribution in [2.45, 2.75) is 0 Å². The van der Waals surface area contributed by atoms with Crippen LogP contribution in [-0.2, 0) is 0 Å². The summed E-state index contributed by atoms with van der Waals surface area (Å²) in [6.07, 6.45) is 0. The summed E-state index contributed by atoms with van der Waals surface area (Å²) in [6.45, 7) is 0.238. The lowest BCUT2D eigenvalue weighted by molar-refractivity contribution is 0.253. The summed E-state index contributed by atoms with van der Waals surface area (Å²) in [5.74, 6) is 7.14. The number of methoxy groups -OCH3 is 2. The molecule has 0 saturated heterocycles. The van der Waals surface area contributed by atoms with Gasteiger partial charge < -0.3 is 25.0 Å². The summed E-state index contributed by atoms with van der Waals surface area (Å²) < 4.78 is 10.3. The second-order valence-corrected chi connectivity index (χ2v) is 5.65. The first kappa shape index (κ1) is 19.0. The van der Waals surface area contributed by atoms with Crippen LogP contribution in [0, 0.1) is 11.8 Å².